The Kier molecular flexibility index (Phi) is 3.83. The Morgan fingerprint density at radius 2 is 2.21 bits per heavy atom. The van der Waals surface area contributed by atoms with Gasteiger partial charge >= 0.3 is 0 Å². The van der Waals surface area contributed by atoms with Crippen molar-refractivity contribution in [2.45, 2.75) is 24.3 Å². The average Bonchev–Trinajstić information content (AvgIpc) is 3.16. The zero-order chi connectivity index (χ0) is 14.0. The van der Waals surface area contributed by atoms with Crippen molar-refractivity contribution in [1.29, 1.82) is 0 Å². The van der Waals surface area contributed by atoms with Gasteiger partial charge in [0.1, 0.15) is 11.8 Å². The first-order valence-electron chi connectivity index (χ1n) is 6.05. The fourth-order valence-electron chi connectivity index (χ4n) is 2.09. The van der Waals surface area contributed by atoms with Crippen LogP contribution in [0.25, 0.3) is 0 Å². The van der Waals surface area contributed by atoms with Crippen LogP contribution in [0.15, 0.2) is 36.6 Å². The van der Waals surface area contributed by atoms with Crippen LogP contribution in [0.5, 0.6) is 0 Å². The van der Waals surface area contributed by atoms with Crippen molar-refractivity contribution in [3.05, 3.63) is 47.2 Å². The number of hydrogen-bond acceptors (Lipinski definition) is 3. The molecule has 0 unspecified atom stereocenters. The lowest BCUT2D eigenvalue weighted by Crippen LogP contribution is -2.44. The summed E-state index contributed by atoms with van der Waals surface area (Å²) in [5.41, 5.74) is 0.270. The maximum atomic E-state index is 12.3. The molecule has 0 spiro atoms. The van der Waals surface area contributed by atoms with E-state index in [0.29, 0.717) is 5.02 Å². The Morgan fingerprint density at radius 3 is 2.68 bits per heavy atom. The normalized spacial score (nSPS) is 17.6. The maximum Gasteiger partial charge on any atom is 0.231 e. The predicted molar refractivity (Wildman–Crippen MR) is 73.1 cm³/mol. The molecule has 0 heterocycles. The second-order valence-corrected chi connectivity index (χ2v) is 5.23. The lowest BCUT2D eigenvalue weighted by atomic mass is 9.94. The summed E-state index contributed by atoms with van der Waals surface area (Å²) in [6.45, 7) is 2.95. The van der Waals surface area contributed by atoms with E-state index in [1.165, 1.54) is 0 Å². The lowest BCUT2D eigenvalue weighted by molar-refractivity contribution is -0.124. The van der Waals surface area contributed by atoms with Crippen LogP contribution in [0.2, 0.25) is 5.02 Å². The van der Waals surface area contributed by atoms with Gasteiger partial charge in [-0.3, -0.25) is 4.79 Å². The lowest BCUT2D eigenvalue weighted by Gasteiger charge is -2.20. The van der Waals surface area contributed by atoms with Gasteiger partial charge in [-0.2, -0.15) is 0 Å². The highest BCUT2D eigenvalue weighted by molar-refractivity contribution is 6.30. The fourth-order valence-corrected chi connectivity index (χ4v) is 2.28. The van der Waals surface area contributed by atoms with Gasteiger partial charge < -0.3 is 15.5 Å². The van der Waals surface area contributed by atoms with Gasteiger partial charge in [0, 0.05) is 5.02 Å². The highest BCUT2D eigenvalue weighted by Crippen LogP contribution is 2.48. The van der Waals surface area contributed by atoms with Crippen LogP contribution in [0, 0.1) is 0 Å². The molecule has 1 amide bonds. The van der Waals surface area contributed by atoms with E-state index in [9.17, 15) is 9.90 Å². The van der Waals surface area contributed by atoms with E-state index in [1.807, 2.05) is 6.07 Å². The monoisotopic (exact) mass is 281 g/mol. The van der Waals surface area contributed by atoms with Gasteiger partial charge in [0.15, 0.2) is 0 Å². The molecule has 0 radical (unpaired) electrons. The van der Waals surface area contributed by atoms with Crippen LogP contribution < -0.4 is 5.32 Å². The van der Waals surface area contributed by atoms with Crippen molar-refractivity contribution < 1.29 is 15.0 Å². The third-order valence-corrected chi connectivity index (χ3v) is 3.69. The third-order valence-electron chi connectivity index (χ3n) is 3.45. The number of rotatable bonds is 5. The number of nitrogens with one attached hydrogen (secondary N) is 1. The zero-order valence-corrected chi connectivity index (χ0v) is 11.2. The number of aliphatic hydroxyl groups is 2. The molecule has 1 saturated carbocycles. The standard InChI is InChI=1S/C14H16ClNO3/c1-9(18)12(8-17)16-13(19)14(5-6-14)10-3-2-4-11(15)7-10/h2-4,7,12,17-18H,1,5-6,8H2,(H,16,19)/t12-/m0/s1. The molecule has 5 heteroatoms. The minimum atomic E-state index is -0.829. The van der Waals surface area contributed by atoms with Crippen LogP contribution in [0.4, 0.5) is 0 Å². The smallest absolute Gasteiger partial charge is 0.231 e. The van der Waals surface area contributed by atoms with Crippen molar-refractivity contribution in [3.63, 3.8) is 0 Å². The number of hydrogen-bond donors (Lipinski definition) is 3. The summed E-state index contributed by atoms with van der Waals surface area (Å²) in [6, 6.07) is 6.37. The van der Waals surface area contributed by atoms with E-state index in [2.05, 4.69) is 11.9 Å². The second kappa shape index (κ2) is 5.23. The first kappa shape index (κ1) is 13.9. The van der Waals surface area contributed by atoms with E-state index in [-0.39, 0.29) is 18.3 Å². The molecule has 1 aliphatic rings. The van der Waals surface area contributed by atoms with Crippen LogP contribution in [-0.4, -0.2) is 28.8 Å². The van der Waals surface area contributed by atoms with Crippen molar-refractivity contribution in [2.24, 2.45) is 0 Å². The molecule has 19 heavy (non-hydrogen) atoms. The Bertz CT molecular complexity index is 511. The molecule has 1 aromatic carbocycles. The molecule has 2 rings (SSSR count). The van der Waals surface area contributed by atoms with E-state index in [1.54, 1.807) is 18.2 Å². The van der Waals surface area contributed by atoms with E-state index in [4.69, 9.17) is 16.7 Å². The molecule has 3 N–H and O–H groups in total. The first-order valence-corrected chi connectivity index (χ1v) is 6.43. The molecule has 0 bridgehead atoms. The van der Waals surface area contributed by atoms with Gasteiger partial charge in [-0.1, -0.05) is 30.3 Å². The molecule has 0 saturated heterocycles. The van der Waals surface area contributed by atoms with Gasteiger partial charge in [0.25, 0.3) is 0 Å². The highest BCUT2D eigenvalue weighted by atomic mass is 35.5. The van der Waals surface area contributed by atoms with E-state index in [0.717, 1.165) is 18.4 Å². The Balaban J connectivity index is 2.17. The molecule has 4 nitrogen and oxygen atoms in total. The Hall–Kier alpha value is -1.52. The maximum absolute atomic E-state index is 12.3. The summed E-state index contributed by atoms with van der Waals surface area (Å²) < 4.78 is 0. The topological polar surface area (TPSA) is 69.6 Å². The van der Waals surface area contributed by atoms with Gasteiger partial charge in [0.05, 0.1) is 12.0 Å². The summed E-state index contributed by atoms with van der Waals surface area (Å²) >= 11 is 5.94. The van der Waals surface area contributed by atoms with Crippen molar-refractivity contribution in [1.82, 2.24) is 5.32 Å². The fraction of sp³-hybridized carbons (Fsp3) is 0.357. The summed E-state index contributed by atoms with van der Waals surface area (Å²) in [5.74, 6) is -0.471. The summed E-state index contributed by atoms with van der Waals surface area (Å²) in [6.07, 6.45) is 1.46. The van der Waals surface area contributed by atoms with Crippen LogP contribution in [0.3, 0.4) is 0 Å². The SMILES string of the molecule is C=C(O)[C@H](CO)NC(=O)C1(c2cccc(Cl)c2)CC1. The number of halogens is 1. The minimum Gasteiger partial charge on any atom is -0.511 e. The van der Waals surface area contributed by atoms with Crippen LogP contribution in [0.1, 0.15) is 18.4 Å². The third kappa shape index (κ3) is 2.74. The Morgan fingerprint density at radius 1 is 1.53 bits per heavy atom. The minimum absolute atomic E-state index is 0.219. The molecule has 102 valence electrons. The number of carbonyl (C=O) groups excluding carboxylic acids is 1. The van der Waals surface area contributed by atoms with Gasteiger partial charge in [-0.15, -0.1) is 0 Å². The molecule has 0 aromatic heterocycles. The largest absolute Gasteiger partial charge is 0.511 e. The molecular formula is C14H16ClNO3. The summed E-state index contributed by atoms with van der Waals surface area (Å²) in [5, 5.41) is 21.6. The number of benzene rings is 1. The number of carbonyl (C=O) groups is 1. The molecular weight excluding hydrogens is 266 g/mol. The van der Waals surface area contributed by atoms with Gasteiger partial charge in [0.2, 0.25) is 5.91 Å². The van der Waals surface area contributed by atoms with Crippen LogP contribution in [-0.2, 0) is 10.2 Å². The van der Waals surface area contributed by atoms with Gasteiger partial charge in [-0.05, 0) is 30.5 Å². The second-order valence-electron chi connectivity index (χ2n) is 4.79. The van der Waals surface area contributed by atoms with Crippen molar-refractivity contribution in [3.8, 4) is 0 Å². The summed E-state index contributed by atoms with van der Waals surface area (Å²) in [7, 11) is 0. The molecule has 0 aliphatic heterocycles. The predicted octanol–water partition coefficient (Wildman–Crippen LogP) is 1.92. The van der Waals surface area contributed by atoms with E-state index >= 15 is 0 Å². The first-order chi connectivity index (χ1) is 8.99. The molecule has 1 aliphatic carbocycles. The molecule has 1 fully saturated rings. The van der Waals surface area contributed by atoms with Crippen LogP contribution >= 0.6 is 11.6 Å². The zero-order valence-electron chi connectivity index (χ0n) is 10.4. The average molecular weight is 282 g/mol. The highest BCUT2D eigenvalue weighted by Gasteiger charge is 2.51. The Labute approximate surface area is 116 Å². The molecule has 1 aromatic rings. The van der Waals surface area contributed by atoms with Gasteiger partial charge in [-0.25, -0.2) is 0 Å². The van der Waals surface area contributed by atoms with Crippen molar-refractivity contribution >= 4 is 17.5 Å². The number of amides is 1. The quantitative estimate of drug-likeness (QED) is 0.722. The van der Waals surface area contributed by atoms with E-state index < -0.39 is 11.5 Å². The number of aliphatic hydroxyl groups excluding tert-OH is 2. The van der Waals surface area contributed by atoms with Crippen molar-refractivity contribution in [2.75, 3.05) is 6.61 Å². The molecule has 1 atom stereocenters. The summed E-state index contributed by atoms with van der Waals surface area (Å²) in [4.78, 5) is 12.3.